The lowest BCUT2D eigenvalue weighted by Crippen LogP contribution is -2.23. The first kappa shape index (κ1) is 24.1. The van der Waals surface area contributed by atoms with E-state index in [4.69, 9.17) is 46.4 Å². The van der Waals surface area contributed by atoms with E-state index in [9.17, 15) is 27.2 Å². The zero-order valence-electron chi connectivity index (χ0n) is 15.3. The molecule has 0 fully saturated rings. The molecule has 0 heterocycles. The first-order valence-electron chi connectivity index (χ1n) is 8.40. The molecule has 2 amide bonds. The second-order valence-electron chi connectivity index (χ2n) is 6.16. The Kier molecular flexibility index (Phi) is 7.19. The summed E-state index contributed by atoms with van der Waals surface area (Å²) in [6.07, 6.45) is 0. The van der Waals surface area contributed by atoms with Gasteiger partial charge in [0.2, 0.25) is 0 Å². The molecule has 32 heavy (non-hydrogen) atoms. The Bertz CT molecular complexity index is 1150. The van der Waals surface area contributed by atoms with Crippen molar-refractivity contribution in [1.29, 1.82) is 0 Å². The second kappa shape index (κ2) is 9.54. The highest BCUT2D eigenvalue weighted by Crippen LogP contribution is 2.30. The van der Waals surface area contributed by atoms with Crippen LogP contribution >= 0.6 is 46.4 Å². The van der Waals surface area contributed by atoms with Gasteiger partial charge in [0, 0.05) is 10.0 Å². The van der Waals surface area contributed by atoms with Gasteiger partial charge in [-0.2, -0.15) is 0 Å². The van der Waals surface area contributed by atoms with Crippen LogP contribution in [0.15, 0.2) is 36.4 Å². The SMILES string of the molecule is O=C(Nc1ccc(Cl)cc1Cl)c1c(F)c(F)c(C(=O)Nc2ccc(Cl)cc2Cl)c(F)c1F. The fourth-order valence-corrected chi connectivity index (χ4v) is 3.49. The summed E-state index contributed by atoms with van der Waals surface area (Å²) in [5.41, 5.74) is -3.43. The summed E-state index contributed by atoms with van der Waals surface area (Å²) in [6.45, 7) is 0. The molecule has 3 aromatic carbocycles. The van der Waals surface area contributed by atoms with Crippen molar-refractivity contribution in [3.05, 3.63) is 90.9 Å². The lowest BCUT2D eigenvalue weighted by Gasteiger charge is -2.13. The lowest BCUT2D eigenvalue weighted by atomic mass is 10.1. The Labute approximate surface area is 198 Å². The van der Waals surface area contributed by atoms with Crippen LogP contribution in [0.5, 0.6) is 0 Å². The Hall–Kier alpha value is -2.52. The van der Waals surface area contributed by atoms with Crippen LogP contribution in [-0.4, -0.2) is 11.8 Å². The van der Waals surface area contributed by atoms with Crippen LogP contribution in [-0.2, 0) is 0 Å². The van der Waals surface area contributed by atoms with Gasteiger partial charge in [-0.25, -0.2) is 17.6 Å². The zero-order chi connectivity index (χ0) is 23.7. The molecule has 4 nitrogen and oxygen atoms in total. The van der Waals surface area contributed by atoms with Crippen LogP contribution in [0, 0.1) is 23.3 Å². The highest BCUT2D eigenvalue weighted by molar-refractivity contribution is 6.37. The summed E-state index contributed by atoms with van der Waals surface area (Å²) in [5, 5.41) is 4.26. The van der Waals surface area contributed by atoms with Gasteiger partial charge in [-0.05, 0) is 36.4 Å². The van der Waals surface area contributed by atoms with E-state index in [1.165, 1.54) is 36.4 Å². The van der Waals surface area contributed by atoms with Crippen LogP contribution in [0.3, 0.4) is 0 Å². The first-order chi connectivity index (χ1) is 15.0. The van der Waals surface area contributed by atoms with Crippen LogP contribution < -0.4 is 10.6 Å². The normalized spacial score (nSPS) is 10.8. The maximum absolute atomic E-state index is 14.5. The monoisotopic (exact) mass is 524 g/mol. The highest BCUT2D eigenvalue weighted by atomic mass is 35.5. The van der Waals surface area contributed by atoms with Gasteiger partial charge in [0.25, 0.3) is 11.8 Å². The summed E-state index contributed by atoms with van der Waals surface area (Å²) >= 11 is 23.2. The molecule has 0 saturated heterocycles. The Morgan fingerprint density at radius 1 is 0.594 bits per heavy atom. The molecule has 2 N–H and O–H groups in total. The molecule has 0 aliphatic carbocycles. The number of amides is 2. The number of carbonyl (C=O) groups is 2. The van der Waals surface area contributed by atoms with Crippen LogP contribution in [0.2, 0.25) is 20.1 Å². The number of hydrogen-bond donors (Lipinski definition) is 2. The van der Waals surface area contributed by atoms with E-state index in [1.807, 2.05) is 10.6 Å². The number of rotatable bonds is 4. The minimum absolute atomic E-state index is 0.0940. The summed E-state index contributed by atoms with van der Waals surface area (Å²) in [5.74, 6) is -11.4. The van der Waals surface area contributed by atoms with E-state index >= 15 is 0 Å². The topological polar surface area (TPSA) is 58.2 Å². The largest absolute Gasteiger partial charge is 0.320 e. The van der Waals surface area contributed by atoms with Crippen LogP contribution in [0.1, 0.15) is 20.7 Å². The molecule has 0 atom stereocenters. The molecule has 166 valence electrons. The average molecular weight is 526 g/mol. The number of nitrogens with one attached hydrogen (secondary N) is 2. The van der Waals surface area contributed by atoms with E-state index in [0.29, 0.717) is 0 Å². The fourth-order valence-electron chi connectivity index (χ4n) is 2.58. The van der Waals surface area contributed by atoms with Gasteiger partial charge in [0.1, 0.15) is 11.1 Å². The molecular formula is C20H8Cl4F4N2O2. The highest BCUT2D eigenvalue weighted by Gasteiger charge is 2.33. The van der Waals surface area contributed by atoms with Crippen LogP contribution in [0.25, 0.3) is 0 Å². The van der Waals surface area contributed by atoms with Gasteiger partial charge in [-0.1, -0.05) is 46.4 Å². The molecule has 3 aromatic rings. The summed E-state index contributed by atoms with van der Waals surface area (Å²) < 4.78 is 58.1. The third-order valence-corrected chi connectivity index (χ3v) is 5.17. The molecule has 0 unspecified atom stereocenters. The zero-order valence-corrected chi connectivity index (χ0v) is 18.3. The second-order valence-corrected chi connectivity index (χ2v) is 7.85. The maximum atomic E-state index is 14.5. The minimum atomic E-state index is -2.08. The number of hydrogen-bond acceptors (Lipinski definition) is 2. The molecule has 0 spiro atoms. The van der Waals surface area contributed by atoms with Crippen LogP contribution in [0.4, 0.5) is 28.9 Å². The molecule has 0 aromatic heterocycles. The van der Waals surface area contributed by atoms with Crippen molar-refractivity contribution < 1.29 is 27.2 Å². The number of benzene rings is 3. The van der Waals surface area contributed by atoms with E-state index in [-0.39, 0.29) is 31.5 Å². The Morgan fingerprint density at radius 3 is 1.19 bits per heavy atom. The third kappa shape index (κ3) is 4.78. The molecule has 12 heteroatoms. The van der Waals surface area contributed by atoms with Gasteiger partial charge >= 0.3 is 0 Å². The van der Waals surface area contributed by atoms with Gasteiger partial charge in [-0.3, -0.25) is 9.59 Å². The third-order valence-electron chi connectivity index (χ3n) is 4.08. The molecule has 0 radical (unpaired) electrons. The molecule has 0 aliphatic rings. The number of carbonyl (C=O) groups excluding carboxylic acids is 2. The van der Waals surface area contributed by atoms with E-state index in [2.05, 4.69) is 0 Å². The smallest absolute Gasteiger partial charge is 0.261 e. The van der Waals surface area contributed by atoms with Gasteiger partial charge in [-0.15, -0.1) is 0 Å². The maximum Gasteiger partial charge on any atom is 0.261 e. The summed E-state index contributed by atoms with van der Waals surface area (Å²) in [4.78, 5) is 24.6. The Balaban J connectivity index is 1.98. The van der Waals surface area contributed by atoms with Gasteiger partial charge in [0.05, 0.1) is 21.4 Å². The van der Waals surface area contributed by atoms with Gasteiger partial charge < -0.3 is 10.6 Å². The molecule has 0 saturated carbocycles. The number of anilines is 2. The van der Waals surface area contributed by atoms with Crippen molar-refractivity contribution in [2.24, 2.45) is 0 Å². The van der Waals surface area contributed by atoms with Crippen molar-refractivity contribution in [1.82, 2.24) is 0 Å². The molecule has 3 rings (SSSR count). The van der Waals surface area contributed by atoms with Crippen molar-refractivity contribution in [3.8, 4) is 0 Å². The van der Waals surface area contributed by atoms with Crippen molar-refractivity contribution in [2.75, 3.05) is 10.6 Å². The predicted octanol–water partition coefficient (Wildman–Crippen LogP) is 7.36. The van der Waals surface area contributed by atoms with Crippen molar-refractivity contribution in [3.63, 3.8) is 0 Å². The number of halogens is 8. The van der Waals surface area contributed by atoms with E-state index in [0.717, 1.165) is 0 Å². The molecule has 0 bridgehead atoms. The lowest BCUT2D eigenvalue weighted by molar-refractivity contribution is 0.0993. The standard InChI is InChI=1S/C20H8Cl4F4N2O2/c21-7-1-3-11(9(23)5-7)29-19(31)13-15(25)17(27)14(18(28)16(13)26)20(32)30-12-4-2-8(22)6-10(12)24/h1-6H,(H,29,31)(H,30,32). The quantitative estimate of drug-likeness (QED) is 0.276. The van der Waals surface area contributed by atoms with E-state index in [1.54, 1.807) is 0 Å². The molecular weight excluding hydrogens is 518 g/mol. The average Bonchev–Trinajstić information content (AvgIpc) is 2.71. The fraction of sp³-hybridized carbons (Fsp3) is 0. The summed E-state index contributed by atoms with van der Waals surface area (Å²) in [7, 11) is 0. The Morgan fingerprint density at radius 2 is 0.906 bits per heavy atom. The van der Waals surface area contributed by atoms with Gasteiger partial charge in [0.15, 0.2) is 23.3 Å². The van der Waals surface area contributed by atoms with E-state index < -0.39 is 46.2 Å². The molecule has 0 aliphatic heterocycles. The predicted molar refractivity (Wildman–Crippen MR) is 115 cm³/mol. The summed E-state index contributed by atoms with van der Waals surface area (Å²) in [6, 6.07) is 7.49. The first-order valence-corrected chi connectivity index (χ1v) is 9.91. The van der Waals surface area contributed by atoms with Crippen molar-refractivity contribution in [2.45, 2.75) is 0 Å². The van der Waals surface area contributed by atoms with Crippen molar-refractivity contribution >= 4 is 69.6 Å². The minimum Gasteiger partial charge on any atom is -0.320 e.